The van der Waals surface area contributed by atoms with E-state index in [1.807, 2.05) is 0 Å². The van der Waals surface area contributed by atoms with Gasteiger partial charge < -0.3 is 14.8 Å². The summed E-state index contributed by atoms with van der Waals surface area (Å²) in [4.78, 5) is 12.1. The number of benzene rings is 2. The molecule has 1 aliphatic heterocycles. The maximum absolute atomic E-state index is 13.7. The van der Waals surface area contributed by atoms with E-state index in [1.54, 1.807) is 50.6 Å². The first-order valence-corrected chi connectivity index (χ1v) is 6.67. The molecule has 2 aromatic rings. The van der Waals surface area contributed by atoms with Crippen LogP contribution in [0.3, 0.4) is 0 Å². The zero-order valence-corrected chi connectivity index (χ0v) is 12.1. The monoisotopic (exact) mass is 299 g/mol. The van der Waals surface area contributed by atoms with Crippen molar-refractivity contribution in [1.82, 2.24) is 0 Å². The standard InChI is InChI=1S/C17H14FNO3/c1-21-11-6-10(7-12(9-11)22-2)8-14-13-4-3-5-15(18)16(13)19-17(14)20/h3-9H,1-2H3,(H,19,20). The van der Waals surface area contributed by atoms with Gasteiger partial charge in [0.25, 0.3) is 5.91 Å². The largest absolute Gasteiger partial charge is 0.497 e. The minimum atomic E-state index is -0.447. The molecule has 0 unspecified atom stereocenters. The molecule has 112 valence electrons. The van der Waals surface area contributed by atoms with Crippen molar-refractivity contribution in [1.29, 1.82) is 0 Å². The van der Waals surface area contributed by atoms with Crippen LogP contribution in [-0.4, -0.2) is 20.1 Å². The van der Waals surface area contributed by atoms with Crippen molar-refractivity contribution in [2.24, 2.45) is 0 Å². The number of methoxy groups -OCH3 is 2. The Hall–Kier alpha value is -2.82. The fourth-order valence-corrected chi connectivity index (χ4v) is 2.40. The summed E-state index contributed by atoms with van der Waals surface area (Å²) in [5, 5.41) is 2.55. The van der Waals surface area contributed by atoms with Crippen molar-refractivity contribution >= 4 is 23.2 Å². The lowest BCUT2D eigenvalue weighted by atomic mass is 10.0. The minimum Gasteiger partial charge on any atom is -0.497 e. The molecular weight excluding hydrogens is 285 g/mol. The van der Waals surface area contributed by atoms with E-state index in [0.29, 0.717) is 22.6 Å². The highest BCUT2D eigenvalue weighted by Crippen LogP contribution is 2.35. The number of amides is 1. The van der Waals surface area contributed by atoms with Crippen LogP contribution in [0.5, 0.6) is 11.5 Å². The van der Waals surface area contributed by atoms with Crippen molar-refractivity contribution < 1.29 is 18.7 Å². The number of rotatable bonds is 3. The summed E-state index contributed by atoms with van der Waals surface area (Å²) in [7, 11) is 3.11. The number of carbonyl (C=O) groups is 1. The molecule has 1 N–H and O–H groups in total. The van der Waals surface area contributed by atoms with Crippen LogP contribution < -0.4 is 14.8 Å². The topological polar surface area (TPSA) is 47.6 Å². The molecule has 1 heterocycles. The normalized spacial score (nSPS) is 14.7. The maximum atomic E-state index is 13.7. The zero-order valence-electron chi connectivity index (χ0n) is 12.1. The number of para-hydroxylation sites is 1. The third-order valence-corrected chi connectivity index (χ3v) is 3.47. The van der Waals surface area contributed by atoms with Gasteiger partial charge in [0.05, 0.1) is 19.9 Å². The SMILES string of the molecule is COc1cc(C=C2C(=O)Nc3c(F)cccc32)cc(OC)c1. The van der Waals surface area contributed by atoms with Crippen molar-refractivity contribution in [2.45, 2.75) is 0 Å². The number of halogens is 1. The molecule has 0 saturated carbocycles. The molecule has 0 aliphatic carbocycles. The number of ether oxygens (including phenoxy) is 2. The molecule has 4 nitrogen and oxygen atoms in total. The van der Waals surface area contributed by atoms with Gasteiger partial charge in [0, 0.05) is 17.2 Å². The number of hydrogen-bond donors (Lipinski definition) is 1. The second-order valence-corrected chi connectivity index (χ2v) is 4.82. The van der Waals surface area contributed by atoms with Gasteiger partial charge in [-0.3, -0.25) is 4.79 Å². The van der Waals surface area contributed by atoms with Crippen molar-refractivity contribution in [3.63, 3.8) is 0 Å². The molecule has 0 radical (unpaired) electrons. The first-order chi connectivity index (χ1) is 10.6. The van der Waals surface area contributed by atoms with E-state index in [2.05, 4.69) is 5.32 Å². The average Bonchev–Trinajstić information content (AvgIpc) is 2.85. The van der Waals surface area contributed by atoms with Gasteiger partial charge in [-0.05, 0) is 29.8 Å². The molecule has 0 atom stereocenters. The van der Waals surface area contributed by atoms with Gasteiger partial charge in [0.2, 0.25) is 0 Å². The number of carbonyl (C=O) groups excluding carboxylic acids is 1. The molecule has 1 amide bonds. The lowest BCUT2D eigenvalue weighted by Crippen LogP contribution is -2.04. The molecule has 0 aromatic heterocycles. The third-order valence-electron chi connectivity index (χ3n) is 3.47. The van der Waals surface area contributed by atoms with E-state index in [1.165, 1.54) is 6.07 Å². The van der Waals surface area contributed by atoms with Crippen LogP contribution in [0.4, 0.5) is 10.1 Å². The average molecular weight is 299 g/mol. The molecule has 3 rings (SSSR count). The summed E-state index contributed by atoms with van der Waals surface area (Å²) < 4.78 is 24.1. The van der Waals surface area contributed by atoms with Crippen molar-refractivity contribution in [3.8, 4) is 11.5 Å². The molecule has 0 fully saturated rings. The fraction of sp³-hybridized carbons (Fsp3) is 0.118. The molecular formula is C17H14FNO3. The molecule has 2 aromatic carbocycles. The van der Waals surface area contributed by atoms with E-state index in [-0.39, 0.29) is 11.6 Å². The zero-order chi connectivity index (χ0) is 15.7. The Labute approximate surface area is 127 Å². The second kappa shape index (κ2) is 5.52. The maximum Gasteiger partial charge on any atom is 0.256 e. The summed E-state index contributed by atoms with van der Waals surface area (Å²) in [6.45, 7) is 0. The number of anilines is 1. The van der Waals surface area contributed by atoms with E-state index < -0.39 is 5.82 Å². The summed E-state index contributed by atoms with van der Waals surface area (Å²) in [6.07, 6.45) is 1.69. The van der Waals surface area contributed by atoms with Gasteiger partial charge in [-0.1, -0.05) is 12.1 Å². The molecule has 1 aliphatic rings. The Balaban J connectivity index is 2.10. The van der Waals surface area contributed by atoms with Gasteiger partial charge >= 0.3 is 0 Å². The highest BCUT2D eigenvalue weighted by molar-refractivity contribution is 6.35. The van der Waals surface area contributed by atoms with Gasteiger partial charge in [0.1, 0.15) is 17.3 Å². The fourth-order valence-electron chi connectivity index (χ4n) is 2.40. The Bertz CT molecular complexity index is 761. The Morgan fingerprint density at radius 2 is 1.77 bits per heavy atom. The van der Waals surface area contributed by atoms with E-state index >= 15 is 0 Å². The van der Waals surface area contributed by atoms with E-state index in [9.17, 15) is 9.18 Å². The van der Waals surface area contributed by atoms with Crippen LogP contribution in [0.15, 0.2) is 36.4 Å². The lowest BCUT2D eigenvalue weighted by Gasteiger charge is -2.06. The van der Waals surface area contributed by atoms with E-state index in [4.69, 9.17) is 9.47 Å². The predicted molar refractivity (Wildman–Crippen MR) is 82.4 cm³/mol. The van der Waals surface area contributed by atoms with Gasteiger partial charge in [-0.2, -0.15) is 0 Å². The highest BCUT2D eigenvalue weighted by atomic mass is 19.1. The van der Waals surface area contributed by atoms with Gasteiger partial charge in [-0.25, -0.2) is 4.39 Å². The summed E-state index contributed by atoms with van der Waals surface area (Å²) in [5.41, 5.74) is 1.91. The number of nitrogens with one attached hydrogen (secondary N) is 1. The Kier molecular flexibility index (Phi) is 3.55. The molecule has 22 heavy (non-hydrogen) atoms. The Morgan fingerprint density at radius 1 is 1.09 bits per heavy atom. The smallest absolute Gasteiger partial charge is 0.256 e. The quantitative estimate of drug-likeness (QED) is 0.884. The van der Waals surface area contributed by atoms with Gasteiger partial charge in [0.15, 0.2) is 0 Å². The van der Waals surface area contributed by atoms with Crippen LogP contribution in [0.2, 0.25) is 0 Å². The molecule has 0 bridgehead atoms. The summed E-state index contributed by atoms with van der Waals surface area (Å²) >= 11 is 0. The lowest BCUT2D eigenvalue weighted by molar-refractivity contribution is -0.110. The van der Waals surface area contributed by atoms with Crippen molar-refractivity contribution in [3.05, 3.63) is 53.3 Å². The minimum absolute atomic E-state index is 0.216. The highest BCUT2D eigenvalue weighted by Gasteiger charge is 2.26. The first-order valence-electron chi connectivity index (χ1n) is 6.67. The van der Waals surface area contributed by atoms with Gasteiger partial charge in [-0.15, -0.1) is 0 Å². The predicted octanol–water partition coefficient (Wildman–Crippen LogP) is 3.34. The molecule has 0 spiro atoms. The number of hydrogen-bond acceptors (Lipinski definition) is 3. The third kappa shape index (κ3) is 2.41. The van der Waals surface area contributed by atoms with Crippen LogP contribution in [0.25, 0.3) is 11.6 Å². The Morgan fingerprint density at radius 3 is 2.41 bits per heavy atom. The molecule has 5 heteroatoms. The van der Waals surface area contributed by atoms with Crippen LogP contribution in [0.1, 0.15) is 11.1 Å². The van der Waals surface area contributed by atoms with E-state index in [0.717, 1.165) is 5.56 Å². The van der Waals surface area contributed by atoms with Crippen LogP contribution >= 0.6 is 0 Å². The van der Waals surface area contributed by atoms with Crippen LogP contribution in [-0.2, 0) is 4.79 Å². The van der Waals surface area contributed by atoms with Crippen molar-refractivity contribution in [2.75, 3.05) is 19.5 Å². The molecule has 0 saturated heterocycles. The summed E-state index contributed by atoms with van der Waals surface area (Å²) in [5.74, 6) is 0.451. The summed E-state index contributed by atoms with van der Waals surface area (Å²) in [6, 6.07) is 9.90. The number of fused-ring (bicyclic) bond motifs is 1. The second-order valence-electron chi connectivity index (χ2n) is 4.82. The van der Waals surface area contributed by atoms with Crippen LogP contribution in [0, 0.1) is 5.82 Å². The first kappa shape index (κ1) is 14.1.